The van der Waals surface area contributed by atoms with Crippen LogP contribution in [0.2, 0.25) is 0 Å². The van der Waals surface area contributed by atoms with Crippen LogP contribution in [0.3, 0.4) is 0 Å². The van der Waals surface area contributed by atoms with E-state index in [0.29, 0.717) is 23.5 Å². The molecule has 166 valence electrons. The Morgan fingerprint density at radius 3 is 2.50 bits per heavy atom. The van der Waals surface area contributed by atoms with E-state index < -0.39 is 10.4 Å². The number of benzene rings is 1. The minimum atomic E-state index is -4.49. The SMILES string of the molecule is C1CCNCC1.C[C@]12CC[C@@H]3c4ccc(OS(=O)(=O)O)cc4CC[C@H]3[C@@H]1CCC2=O. The van der Waals surface area contributed by atoms with Crippen molar-refractivity contribution in [1.29, 1.82) is 0 Å². The number of hydrogen-bond donors (Lipinski definition) is 2. The second kappa shape index (κ2) is 8.60. The van der Waals surface area contributed by atoms with Crippen LogP contribution in [0, 0.1) is 17.3 Å². The monoisotopic (exact) mass is 435 g/mol. The topological polar surface area (TPSA) is 92.7 Å². The predicted molar refractivity (Wildman–Crippen MR) is 115 cm³/mol. The maximum Gasteiger partial charge on any atom is 0.446 e. The van der Waals surface area contributed by atoms with Crippen molar-refractivity contribution in [2.75, 3.05) is 13.1 Å². The minimum Gasteiger partial charge on any atom is -0.362 e. The molecule has 2 N–H and O–H groups in total. The maximum atomic E-state index is 12.3. The lowest BCUT2D eigenvalue weighted by Crippen LogP contribution is -2.42. The Kier molecular flexibility index (Phi) is 6.24. The quantitative estimate of drug-likeness (QED) is 0.681. The van der Waals surface area contributed by atoms with Gasteiger partial charge in [-0.3, -0.25) is 9.35 Å². The van der Waals surface area contributed by atoms with E-state index in [0.717, 1.165) is 44.1 Å². The Labute approximate surface area is 179 Å². The lowest BCUT2D eigenvalue weighted by Gasteiger charge is -2.48. The van der Waals surface area contributed by atoms with Crippen molar-refractivity contribution in [3.8, 4) is 5.75 Å². The molecule has 0 amide bonds. The number of nitrogens with one attached hydrogen (secondary N) is 1. The summed E-state index contributed by atoms with van der Waals surface area (Å²) in [5.74, 6) is 2.05. The van der Waals surface area contributed by atoms with Gasteiger partial charge in [-0.2, -0.15) is 8.42 Å². The third-order valence-electron chi connectivity index (χ3n) is 7.82. The van der Waals surface area contributed by atoms with Crippen molar-refractivity contribution < 1.29 is 21.9 Å². The molecule has 5 rings (SSSR count). The zero-order valence-corrected chi connectivity index (χ0v) is 18.5. The zero-order chi connectivity index (χ0) is 21.4. The van der Waals surface area contributed by atoms with Crippen LogP contribution in [-0.4, -0.2) is 31.8 Å². The van der Waals surface area contributed by atoms with Crippen molar-refractivity contribution in [1.82, 2.24) is 5.32 Å². The van der Waals surface area contributed by atoms with Crippen molar-refractivity contribution >= 4 is 16.2 Å². The van der Waals surface area contributed by atoms with Crippen LogP contribution < -0.4 is 9.50 Å². The van der Waals surface area contributed by atoms with Gasteiger partial charge in [0.25, 0.3) is 0 Å². The summed E-state index contributed by atoms with van der Waals surface area (Å²) in [6.45, 7) is 4.65. The number of rotatable bonds is 2. The van der Waals surface area contributed by atoms with Crippen LogP contribution in [0.15, 0.2) is 18.2 Å². The van der Waals surface area contributed by atoms with Crippen molar-refractivity contribution in [2.45, 2.75) is 70.6 Å². The standard InChI is InChI=1S/C18H22O5S.C5H11N/c1-18-9-8-14-13-5-3-12(23-24(20,21)22)10-11(13)2-4-15(14)16(18)6-7-17(18)19;1-2-4-6-5-3-1/h3,5,10,14-16H,2,4,6-9H2,1H3,(H,20,21,22);6H,1-5H2/t14-,15-,16+,18+;/m1./s1. The van der Waals surface area contributed by atoms with E-state index in [2.05, 4.69) is 16.4 Å². The Morgan fingerprint density at radius 1 is 1.10 bits per heavy atom. The number of aryl methyl sites for hydroxylation is 1. The molecule has 0 bridgehead atoms. The molecule has 0 radical (unpaired) electrons. The molecule has 3 fully saturated rings. The van der Waals surface area contributed by atoms with Gasteiger partial charge in [0.2, 0.25) is 0 Å². The van der Waals surface area contributed by atoms with Crippen molar-refractivity contribution in [3.05, 3.63) is 29.3 Å². The summed E-state index contributed by atoms with van der Waals surface area (Å²) in [5, 5.41) is 3.28. The average molecular weight is 436 g/mol. The first-order chi connectivity index (χ1) is 14.3. The third-order valence-corrected chi connectivity index (χ3v) is 8.22. The van der Waals surface area contributed by atoms with E-state index in [-0.39, 0.29) is 11.2 Å². The van der Waals surface area contributed by atoms with Gasteiger partial charge in [0.1, 0.15) is 11.5 Å². The normalized spacial score (nSPS) is 32.9. The largest absolute Gasteiger partial charge is 0.446 e. The first-order valence-corrected chi connectivity index (χ1v) is 12.7. The number of hydrogen-bond acceptors (Lipinski definition) is 5. The summed E-state index contributed by atoms with van der Waals surface area (Å²) in [5.41, 5.74) is 2.23. The van der Waals surface area contributed by atoms with Crippen LogP contribution in [0.5, 0.6) is 5.75 Å². The first kappa shape index (κ1) is 21.8. The predicted octanol–water partition coefficient (Wildman–Crippen LogP) is 4.05. The number of ketones is 1. The summed E-state index contributed by atoms with van der Waals surface area (Å²) in [7, 11) is -4.49. The lowest BCUT2D eigenvalue weighted by atomic mass is 9.55. The first-order valence-electron chi connectivity index (χ1n) is 11.3. The summed E-state index contributed by atoms with van der Waals surface area (Å²) in [4.78, 5) is 12.3. The summed E-state index contributed by atoms with van der Waals surface area (Å²) in [6.07, 6.45) is 9.79. The van der Waals surface area contributed by atoms with Gasteiger partial charge in [0.05, 0.1) is 0 Å². The molecule has 1 heterocycles. The Hall–Kier alpha value is -1.44. The van der Waals surface area contributed by atoms with Crippen LogP contribution in [0.1, 0.15) is 75.3 Å². The molecule has 2 saturated carbocycles. The molecule has 3 aliphatic carbocycles. The Bertz CT molecular complexity index is 883. The molecule has 7 heteroatoms. The highest BCUT2D eigenvalue weighted by molar-refractivity contribution is 7.81. The highest BCUT2D eigenvalue weighted by atomic mass is 32.3. The smallest absolute Gasteiger partial charge is 0.362 e. The van der Waals surface area contributed by atoms with E-state index in [1.165, 1.54) is 37.9 Å². The van der Waals surface area contributed by atoms with Gasteiger partial charge < -0.3 is 9.50 Å². The van der Waals surface area contributed by atoms with E-state index in [1.807, 2.05) is 6.07 Å². The molecule has 0 spiro atoms. The van der Waals surface area contributed by atoms with Crippen LogP contribution in [0.4, 0.5) is 0 Å². The Balaban J connectivity index is 0.000000313. The molecule has 1 aliphatic heterocycles. The second-order valence-corrected chi connectivity index (χ2v) is 10.5. The molecule has 0 unspecified atom stereocenters. The molecule has 6 nitrogen and oxygen atoms in total. The highest BCUT2D eigenvalue weighted by Crippen LogP contribution is 2.59. The summed E-state index contributed by atoms with van der Waals surface area (Å²) >= 11 is 0. The number of carbonyl (C=O) groups is 1. The van der Waals surface area contributed by atoms with E-state index in [1.54, 1.807) is 12.1 Å². The van der Waals surface area contributed by atoms with Crippen LogP contribution >= 0.6 is 0 Å². The van der Waals surface area contributed by atoms with Gasteiger partial charge >= 0.3 is 10.4 Å². The molecule has 0 aromatic heterocycles. The summed E-state index contributed by atoms with van der Waals surface area (Å²) in [6, 6.07) is 5.28. The fraction of sp³-hybridized carbons (Fsp3) is 0.696. The Morgan fingerprint density at radius 2 is 1.87 bits per heavy atom. The minimum absolute atomic E-state index is 0.132. The molecule has 1 aromatic carbocycles. The van der Waals surface area contributed by atoms with Crippen molar-refractivity contribution in [2.24, 2.45) is 17.3 Å². The van der Waals surface area contributed by atoms with E-state index >= 15 is 0 Å². The van der Waals surface area contributed by atoms with Crippen LogP contribution in [0.25, 0.3) is 0 Å². The van der Waals surface area contributed by atoms with Gasteiger partial charge in [0, 0.05) is 11.8 Å². The number of carbonyl (C=O) groups excluding carboxylic acids is 1. The molecular formula is C23H33NO5S. The van der Waals surface area contributed by atoms with Gasteiger partial charge in [-0.25, -0.2) is 0 Å². The third kappa shape index (κ3) is 4.43. The molecule has 30 heavy (non-hydrogen) atoms. The molecule has 1 aromatic rings. The fourth-order valence-electron chi connectivity index (χ4n) is 6.30. The maximum absolute atomic E-state index is 12.3. The molecular weight excluding hydrogens is 402 g/mol. The van der Waals surface area contributed by atoms with E-state index in [9.17, 15) is 13.2 Å². The van der Waals surface area contributed by atoms with Crippen LogP contribution in [-0.2, 0) is 21.6 Å². The van der Waals surface area contributed by atoms with Gasteiger partial charge in [0.15, 0.2) is 0 Å². The average Bonchev–Trinajstić information content (AvgIpc) is 3.03. The second-order valence-electron chi connectivity index (χ2n) is 9.52. The molecule has 4 aliphatic rings. The lowest BCUT2D eigenvalue weighted by molar-refractivity contribution is -0.129. The fourth-order valence-corrected chi connectivity index (χ4v) is 6.65. The molecule has 1 saturated heterocycles. The van der Waals surface area contributed by atoms with E-state index in [4.69, 9.17) is 4.55 Å². The number of fused-ring (bicyclic) bond motifs is 5. The van der Waals surface area contributed by atoms with Gasteiger partial charge in [-0.15, -0.1) is 0 Å². The van der Waals surface area contributed by atoms with Gasteiger partial charge in [-0.1, -0.05) is 19.4 Å². The zero-order valence-electron chi connectivity index (χ0n) is 17.7. The van der Waals surface area contributed by atoms with Gasteiger partial charge in [-0.05, 0) is 99.0 Å². The number of piperidine rings is 1. The van der Waals surface area contributed by atoms with Crippen molar-refractivity contribution in [3.63, 3.8) is 0 Å². The highest BCUT2D eigenvalue weighted by Gasteiger charge is 2.54. The molecule has 4 atom stereocenters. The number of Topliss-reactive ketones (excluding diaryl/α,β-unsaturated/α-hetero) is 1. The summed E-state index contributed by atoms with van der Waals surface area (Å²) < 4.78 is 35.2.